The first-order valence-corrected chi connectivity index (χ1v) is 9.06. The smallest absolute Gasteiger partial charge is 0.416 e. The molecule has 1 aromatic heterocycles. The van der Waals surface area contributed by atoms with Gasteiger partial charge in [-0.1, -0.05) is 36.4 Å². The third-order valence-electron chi connectivity index (χ3n) is 5.30. The SMILES string of the molecule is Cc1ccccc1-c1nnc(C2(c3cccc(C(F)(F)F)c3)CCOCC2)o1. The van der Waals surface area contributed by atoms with E-state index in [0.717, 1.165) is 17.2 Å². The maximum Gasteiger partial charge on any atom is 0.416 e. The lowest BCUT2D eigenvalue weighted by Gasteiger charge is -2.34. The molecule has 0 unspecified atom stereocenters. The van der Waals surface area contributed by atoms with E-state index >= 15 is 0 Å². The Morgan fingerprint density at radius 3 is 2.43 bits per heavy atom. The van der Waals surface area contributed by atoms with Gasteiger partial charge in [-0.05, 0) is 43.0 Å². The number of hydrogen-bond acceptors (Lipinski definition) is 4. The van der Waals surface area contributed by atoms with E-state index in [0.29, 0.717) is 43.4 Å². The molecule has 0 aliphatic carbocycles. The predicted octanol–water partition coefficient (Wildman–Crippen LogP) is 5.16. The van der Waals surface area contributed by atoms with Crippen molar-refractivity contribution in [1.29, 1.82) is 0 Å². The second-order valence-electron chi connectivity index (χ2n) is 7.00. The van der Waals surface area contributed by atoms with E-state index in [1.165, 1.54) is 12.1 Å². The number of alkyl halides is 3. The Kier molecular flexibility index (Phi) is 4.71. The molecule has 1 aliphatic rings. The lowest BCUT2D eigenvalue weighted by molar-refractivity contribution is -0.137. The molecule has 0 saturated carbocycles. The van der Waals surface area contributed by atoms with Gasteiger partial charge in [0.25, 0.3) is 0 Å². The Morgan fingerprint density at radius 2 is 1.71 bits per heavy atom. The summed E-state index contributed by atoms with van der Waals surface area (Å²) in [5.74, 6) is 0.694. The van der Waals surface area contributed by atoms with Crippen molar-refractivity contribution in [2.45, 2.75) is 31.4 Å². The number of benzene rings is 2. The number of nitrogens with zero attached hydrogens (tertiary/aromatic N) is 2. The second-order valence-corrected chi connectivity index (χ2v) is 7.00. The minimum absolute atomic E-state index is 0.327. The van der Waals surface area contributed by atoms with Crippen molar-refractivity contribution in [3.63, 3.8) is 0 Å². The molecule has 146 valence electrons. The van der Waals surface area contributed by atoms with Crippen LogP contribution in [0.1, 0.15) is 35.4 Å². The summed E-state index contributed by atoms with van der Waals surface area (Å²) >= 11 is 0. The highest BCUT2D eigenvalue weighted by atomic mass is 19.4. The summed E-state index contributed by atoms with van der Waals surface area (Å²) in [5.41, 5.74) is 0.832. The molecule has 4 rings (SSSR count). The van der Waals surface area contributed by atoms with Crippen molar-refractivity contribution in [2.24, 2.45) is 0 Å². The van der Waals surface area contributed by atoms with Gasteiger partial charge in [0.1, 0.15) is 0 Å². The van der Waals surface area contributed by atoms with E-state index in [2.05, 4.69) is 10.2 Å². The van der Waals surface area contributed by atoms with Gasteiger partial charge >= 0.3 is 6.18 Å². The van der Waals surface area contributed by atoms with E-state index in [1.54, 1.807) is 6.07 Å². The van der Waals surface area contributed by atoms with Crippen molar-refractivity contribution >= 4 is 0 Å². The van der Waals surface area contributed by atoms with Gasteiger partial charge in [-0.25, -0.2) is 0 Å². The number of halogens is 3. The fourth-order valence-electron chi connectivity index (χ4n) is 3.68. The summed E-state index contributed by atoms with van der Waals surface area (Å²) in [6, 6.07) is 13.0. The molecule has 2 heterocycles. The molecule has 0 amide bonds. The van der Waals surface area contributed by atoms with Crippen molar-refractivity contribution in [3.05, 3.63) is 71.1 Å². The molecule has 0 bridgehead atoms. The Bertz CT molecular complexity index is 976. The van der Waals surface area contributed by atoms with Crippen molar-refractivity contribution in [1.82, 2.24) is 10.2 Å². The van der Waals surface area contributed by atoms with Gasteiger partial charge in [0.2, 0.25) is 11.8 Å². The zero-order chi connectivity index (χ0) is 19.8. The highest BCUT2D eigenvalue weighted by Crippen LogP contribution is 2.43. The molecular weight excluding hydrogens is 369 g/mol. The largest absolute Gasteiger partial charge is 0.420 e. The number of aromatic nitrogens is 2. The van der Waals surface area contributed by atoms with Gasteiger partial charge in [-0.3, -0.25) is 0 Å². The van der Waals surface area contributed by atoms with Crippen LogP contribution in [0.4, 0.5) is 13.2 Å². The lowest BCUT2D eigenvalue weighted by Crippen LogP contribution is -2.35. The highest BCUT2D eigenvalue weighted by molar-refractivity contribution is 5.57. The minimum Gasteiger partial charge on any atom is -0.420 e. The average Bonchev–Trinajstić information content (AvgIpc) is 3.19. The van der Waals surface area contributed by atoms with Gasteiger partial charge in [0, 0.05) is 18.8 Å². The van der Waals surface area contributed by atoms with Crippen LogP contribution >= 0.6 is 0 Å². The summed E-state index contributed by atoms with van der Waals surface area (Å²) in [5, 5.41) is 8.43. The third-order valence-corrected chi connectivity index (χ3v) is 5.30. The van der Waals surface area contributed by atoms with E-state index in [-0.39, 0.29) is 0 Å². The van der Waals surface area contributed by atoms with Crippen LogP contribution in [0.15, 0.2) is 52.9 Å². The Morgan fingerprint density at radius 1 is 0.964 bits per heavy atom. The summed E-state index contributed by atoms with van der Waals surface area (Å²) in [7, 11) is 0. The molecule has 2 aromatic carbocycles. The summed E-state index contributed by atoms with van der Waals surface area (Å²) < 4.78 is 51.2. The number of ether oxygens (including phenoxy) is 1. The monoisotopic (exact) mass is 388 g/mol. The van der Waals surface area contributed by atoms with E-state index in [4.69, 9.17) is 9.15 Å². The Hall–Kier alpha value is -2.67. The van der Waals surface area contributed by atoms with E-state index in [9.17, 15) is 13.2 Å². The highest BCUT2D eigenvalue weighted by Gasteiger charge is 2.43. The normalized spacial score (nSPS) is 16.9. The quantitative estimate of drug-likeness (QED) is 0.622. The maximum atomic E-state index is 13.3. The van der Waals surface area contributed by atoms with Crippen molar-refractivity contribution in [2.75, 3.05) is 13.2 Å². The van der Waals surface area contributed by atoms with Crippen LogP contribution in [0.3, 0.4) is 0 Å². The van der Waals surface area contributed by atoms with Crippen LogP contribution in [-0.4, -0.2) is 23.4 Å². The van der Waals surface area contributed by atoms with Crippen LogP contribution in [0.5, 0.6) is 0 Å². The molecule has 0 spiro atoms. The molecule has 7 heteroatoms. The molecule has 28 heavy (non-hydrogen) atoms. The van der Waals surface area contributed by atoms with Crippen LogP contribution in [0, 0.1) is 6.92 Å². The van der Waals surface area contributed by atoms with Crippen LogP contribution in [0.25, 0.3) is 11.5 Å². The first kappa shape index (κ1) is 18.7. The molecule has 0 radical (unpaired) electrons. The van der Waals surface area contributed by atoms with Crippen molar-refractivity contribution in [3.8, 4) is 11.5 Å². The van der Waals surface area contributed by atoms with E-state index < -0.39 is 17.2 Å². The van der Waals surface area contributed by atoms with Gasteiger partial charge in [0.15, 0.2) is 0 Å². The van der Waals surface area contributed by atoms with Gasteiger partial charge in [-0.2, -0.15) is 13.2 Å². The molecular formula is C21H19F3N2O2. The topological polar surface area (TPSA) is 48.2 Å². The summed E-state index contributed by atoms with van der Waals surface area (Å²) in [6.45, 7) is 2.77. The zero-order valence-corrected chi connectivity index (χ0v) is 15.3. The van der Waals surface area contributed by atoms with Gasteiger partial charge < -0.3 is 9.15 Å². The molecule has 0 atom stereocenters. The van der Waals surface area contributed by atoms with E-state index in [1.807, 2.05) is 31.2 Å². The summed E-state index contributed by atoms with van der Waals surface area (Å²) in [4.78, 5) is 0. The molecule has 0 N–H and O–H groups in total. The first-order chi connectivity index (χ1) is 13.4. The molecule has 4 nitrogen and oxygen atoms in total. The van der Waals surface area contributed by atoms with Gasteiger partial charge in [0.05, 0.1) is 11.0 Å². The molecule has 1 fully saturated rings. The average molecular weight is 388 g/mol. The zero-order valence-electron chi connectivity index (χ0n) is 15.3. The number of rotatable bonds is 3. The number of aryl methyl sites for hydroxylation is 1. The fraction of sp³-hybridized carbons (Fsp3) is 0.333. The molecule has 1 aliphatic heterocycles. The minimum atomic E-state index is -4.41. The van der Waals surface area contributed by atoms with Crippen molar-refractivity contribution < 1.29 is 22.3 Å². The maximum absolute atomic E-state index is 13.3. The Balaban J connectivity index is 1.81. The lowest BCUT2D eigenvalue weighted by atomic mass is 9.73. The number of hydrogen-bond donors (Lipinski definition) is 0. The standard InChI is InChI=1S/C21H19F3N2O2/c1-14-5-2-3-8-17(14)18-25-26-19(28-18)20(9-11-27-12-10-20)15-6-4-7-16(13-15)21(22,23)24/h2-8,13H,9-12H2,1H3. The predicted molar refractivity (Wildman–Crippen MR) is 96.7 cm³/mol. The van der Waals surface area contributed by atoms with Crippen LogP contribution in [0.2, 0.25) is 0 Å². The molecule has 3 aromatic rings. The molecule has 1 saturated heterocycles. The summed E-state index contributed by atoms with van der Waals surface area (Å²) in [6.07, 6.45) is -3.46. The fourth-order valence-corrected chi connectivity index (χ4v) is 3.68. The second kappa shape index (κ2) is 7.05. The Labute approximate surface area is 160 Å². The van der Waals surface area contributed by atoms with Gasteiger partial charge in [-0.15, -0.1) is 10.2 Å². The van der Waals surface area contributed by atoms with Crippen LogP contribution < -0.4 is 0 Å². The van der Waals surface area contributed by atoms with Crippen LogP contribution in [-0.2, 0) is 16.3 Å². The first-order valence-electron chi connectivity index (χ1n) is 9.06. The third kappa shape index (κ3) is 3.30.